The summed E-state index contributed by atoms with van der Waals surface area (Å²) in [5, 5.41) is 23.2. The normalized spacial score (nSPS) is 12.6. The second kappa shape index (κ2) is 65.9. The Hall–Kier alpha value is -1.66. The van der Waals surface area contributed by atoms with Gasteiger partial charge in [-0.1, -0.05) is 346 Å². The van der Waals surface area contributed by atoms with E-state index in [1.54, 1.807) is 6.08 Å². The molecule has 0 heterocycles. The lowest BCUT2D eigenvalue weighted by Crippen LogP contribution is -2.45. The van der Waals surface area contributed by atoms with Crippen LogP contribution in [-0.2, 0) is 14.3 Å². The molecule has 76 heavy (non-hydrogen) atoms. The van der Waals surface area contributed by atoms with Crippen molar-refractivity contribution in [3.05, 3.63) is 24.3 Å². The van der Waals surface area contributed by atoms with Crippen LogP contribution in [0.15, 0.2) is 24.3 Å². The number of aliphatic hydroxyl groups is 2. The van der Waals surface area contributed by atoms with E-state index < -0.39 is 12.1 Å². The lowest BCUT2D eigenvalue weighted by Gasteiger charge is -2.20. The van der Waals surface area contributed by atoms with Crippen molar-refractivity contribution < 1.29 is 24.5 Å². The van der Waals surface area contributed by atoms with Crippen molar-refractivity contribution in [3.8, 4) is 0 Å². The Kier molecular flexibility index (Phi) is 64.4. The van der Waals surface area contributed by atoms with Crippen molar-refractivity contribution in [2.75, 3.05) is 13.2 Å². The topological polar surface area (TPSA) is 95.9 Å². The third-order valence-corrected chi connectivity index (χ3v) is 16.2. The molecule has 0 radical (unpaired) electrons. The summed E-state index contributed by atoms with van der Waals surface area (Å²) in [6, 6.07) is -0.624. The van der Waals surface area contributed by atoms with Crippen molar-refractivity contribution in [2.24, 2.45) is 0 Å². The second-order valence-corrected chi connectivity index (χ2v) is 23.9. The molecule has 0 saturated carbocycles. The molecule has 0 aliphatic rings. The standard InChI is InChI=1S/C70H135NO5/c1-3-5-7-9-11-13-15-16-17-33-36-39-43-46-50-54-58-62-68(73)67(66-72)71-69(74)63-59-55-51-47-44-40-37-34-31-29-27-25-23-21-19-18-20-22-24-26-28-30-32-35-38-41-45-49-53-57-61-65-76-70(75)64-60-56-52-48-42-14-12-10-8-6-4-2/h10,12,58,62,67-68,72-73H,3-9,11,13-57,59-61,63-66H2,1-2H3,(H,71,74)/b12-10-,62-58+. The van der Waals surface area contributed by atoms with Gasteiger partial charge in [0.15, 0.2) is 0 Å². The average Bonchev–Trinajstić information content (AvgIpc) is 3.42. The Balaban J connectivity index is 3.35. The third kappa shape index (κ3) is 61.6. The highest BCUT2D eigenvalue weighted by molar-refractivity contribution is 5.76. The van der Waals surface area contributed by atoms with Crippen LogP contribution in [0.4, 0.5) is 0 Å². The summed E-state index contributed by atoms with van der Waals surface area (Å²) in [7, 11) is 0. The highest BCUT2D eigenvalue weighted by Crippen LogP contribution is 2.19. The molecule has 0 saturated heterocycles. The largest absolute Gasteiger partial charge is 0.466 e. The Labute approximate surface area is 475 Å². The first kappa shape index (κ1) is 74.3. The van der Waals surface area contributed by atoms with Gasteiger partial charge in [0.05, 0.1) is 25.4 Å². The van der Waals surface area contributed by atoms with Gasteiger partial charge in [0, 0.05) is 12.8 Å². The zero-order valence-electron chi connectivity index (χ0n) is 51.5. The van der Waals surface area contributed by atoms with E-state index in [9.17, 15) is 19.8 Å². The molecule has 0 aliphatic heterocycles. The van der Waals surface area contributed by atoms with Gasteiger partial charge >= 0.3 is 5.97 Å². The molecule has 0 rings (SSSR count). The van der Waals surface area contributed by atoms with Crippen molar-refractivity contribution in [1.29, 1.82) is 0 Å². The van der Waals surface area contributed by atoms with Crippen molar-refractivity contribution in [2.45, 2.75) is 398 Å². The predicted octanol–water partition coefficient (Wildman–Crippen LogP) is 22.1. The molecule has 6 heteroatoms. The minimum absolute atomic E-state index is 0.00965. The van der Waals surface area contributed by atoms with E-state index in [4.69, 9.17) is 4.74 Å². The molecule has 1 amide bonds. The van der Waals surface area contributed by atoms with Crippen LogP contribution >= 0.6 is 0 Å². The van der Waals surface area contributed by atoms with E-state index in [1.807, 2.05) is 6.08 Å². The molecule has 3 N–H and O–H groups in total. The molecule has 2 unspecified atom stereocenters. The number of allylic oxidation sites excluding steroid dienone is 3. The van der Waals surface area contributed by atoms with Gasteiger partial charge in [-0.3, -0.25) is 9.59 Å². The Morgan fingerprint density at radius 2 is 0.632 bits per heavy atom. The molecule has 2 atom stereocenters. The first-order chi connectivity index (χ1) is 37.5. The zero-order chi connectivity index (χ0) is 55.0. The van der Waals surface area contributed by atoms with Crippen LogP contribution < -0.4 is 5.32 Å². The molecule has 0 spiro atoms. The van der Waals surface area contributed by atoms with Crippen LogP contribution in [0.25, 0.3) is 0 Å². The lowest BCUT2D eigenvalue weighted by atomic mass is 10.0. The highest BCUT2D eigenvalue weighted by Gasteiger charge is 2.18. The SMILES string of the molecule is CCCC/C=C\CCCCCCCC(=O)OCCCCCCCCCCCCCCCCCCCCCCCCCCCCCCCCCC(=O)NC(CO)C(O)/C=C/CCCCCCCCCCCCCCCCC. The summed E-state index contributed by atoms with van der Waals surface area (Å²) in [6.07, 6.45) is 82.6. The molecule has 6 nitrogen and oxygen atoms in total. The van der Waals surface area contributed by atoms with Crippen molar-refractivity contribution >= 4 is 11.9 Å². The summed E-state index contributed by atoms with van der Waals surface area (Å²) >= 11 is 0. The van der Waals surface area contributed by atoms with Gasteiger partial charge in [0.25, 0.3) is 0 Å². The lowest BCUT2D eigenvalue weighted by molar-refractivity contribution is -0.143. The maximum Gasteiger partial charge on any atom is 0.305 e. The molecule has 0 aromatic rings. The quantitative estimate of drug-likeness (QED) is 0.0320. The number of carbonyl (C=O) groups excluding carboxylic acids is 2. The molecule has 0 aromatic heterocycles. The van der Waals surface area contributed by atoms with E-state index in [0.29, 0.717) is 19.4 Å². The number of esters is 1. The maximum atomic E-state index is 12.5. The van der Waals surface area contributed by atoms with Gasteiger partial charge < -0.3 is 20.3 Å². The number of ether oxygens (including phenoxy) is 1. The van der Waals surface area contributed by atoms with Gasteiger partial charge in [0.1, 0.15) is 0 Å². The number of hydrogen-bond acceptors (Lipinski definition) is 5. The summed E-state index contributed by atoms with van der Waals surface area (Å²) in [5.41, 5.74) is 0. The summed E-state index contributed by atoms with van der Waals surface area (Å²) in [5.74, 6) is -0.0510. The van der Waals surface area contributed by atoms with Crippen LogP contribution in [-0.4, -0.2) is 47.4 Å². The highest BCUT2D eigenvalue weighted by atomic mass is 16.5. The van der Waals surface area contributed by atoms with Crippen molar-refractivity contribution in [1.82, 2.24) is 5.32 Å². The molecule has 0 aliphatic carbocycles. The summed E-state index contributed by atoms with van der Waals surface area (Å²) in [4.78, 5) is 24.5. The van der Waals surface area contributed by atoms with Crippen molar-refractivity contribution in [3.63, 3.8) is 0 Å². The Bertz CT molecular complexity index is 1190. The van der Waals surface area contributed by atoms with Crippen LogP contribution in [0.1, 0.15) is 386 Å². The average molecular weight is 1070 g/mol. The van der Waals surface area contributed by atoms with Gasteiger partial charge in [0.2, 0.25) is 5.91 Å². The number of amides is 1. The zero-order valence-corrected chi connectivity index (χ0v) is 51.5. The first-order valence-corrected chi connectivity index (χ1v) is 34.6. The predicted molar refractivity (Wildman–Crippen MR) is 333 cm³/mol. The molecule has 0 fully saturated rings. The number of hydrogen-bond donors (Lipinski definition) is 3. The first-order valence-electron chi connectivity index (χ1n) is 34.6. The van der Waals surface area contributed by atoms with Gasteiger partial charge in [-0.15, -0.1) is 0 Å². The summed E-state index contributed by atoms with van der Waals surface area (Å²) < 4.78 is 5.47. The molecule has 0 bridgehead atoms. The number of aliphatic hydroxyl groups excluding tert-OH is 2. The number of unbranched alkanes of at least 4 members (excludes halogenated alkanes) is 52. The minimum atomic E-state index is -0.841. The maximum absolute atomic E-state index is 12.5. The van der Waals surface area contributed by atoms with Gasteiger partial charge in [-0.25, -0.2) is 0 Å². The Morgan fingerprint density at radius 3 is 0.974 bits per heavy atom. The van der Waals surface area contributed by atoms with E-state index in [1.165, 1.54) is 315 Å². The van der Waals surface area contributed by atoms with Crippen LogP contribution in [0.3, 0.4) is 0 Å². The number of carbonyl (C=O) groups is 2. The van der Waals surface area contributed by atoms with E-state index >= 15 is 0 Å². The molecular formula is C70H135NO5. The minimum Gasteiger partial charge on any atom is -0.466 e. The monoisotopic (exact) mass is 1070 g/mol. The number of nitrogens with one attached hydrogen (secondary N) is 1. The van der Waals surface area contributed by atoms with E-state index in [-0.39, 0.29) is 18.5 Å². The molecular weight excluding hydrogens is 935 g/mol. The van der Waals surface area contributed by atoms with Crippen LogP contribution in [0.5, 0.6) is 0 Å². The third-order valence-electron chi connectivity index (χ3n) is 16.2. The van der Waals surface area contributed by atoms with E-state index in [0.717, 1.165) is 44.9 Å². The molecule has 0 aromatic carbocycles. The Morgan fingerprint density at radius 1 is 0.355 bits per heavy atom. The fraction of sp³-hybridized carbons (Fsp3) is 0.914. The second-order valence-electron chi connectivity index (χ2n) is 23.9. The summed E-state index contributed by atoms with van der Waals surface area (Å²) in [6.45, 7) is 4.90. The van der Waals surface area contributed by atoms with Crippen LogP contribution in [0, 0.1) is 0 Å². The molecule has 450 valence electrons. The smallest absolute Gasteiger partial charge is 0.305 e. The van der Waals surface area contributed by atoms with Crippen LogP contribution in [0.2, 0.25) is 0 Å². The number of rotatable bonds is 65. The fourth-order valence-corrected chi connectivity index (χ4v) is 10.9. The fourth-order valence-electron chi connectivity index (χ4n) is 10.9. The van der Waals surface area contributed by atoms with E-state index in [2.05, 4.69) is 31.3 Å². The van der Waals surface area contributed by atoms with Gasteiger partial charge in [-0.05, 0) is 51.4 Å². The van der Waals surface area contributed by atoms with Gasteiger partial charge in [-0.2, -0.15) is 0 Å².